The smallest absolute Gasteiger partial charge is 0.0787 e. The zero-order valence-corrected chi connectivity index (χ0v) is 15.9. The van der Waals surface area contributed by atoms with Crippen molar-refractivity contribution in [3.05, 3.63) is 34.4 Å². The molecule has 0 N–H and O–H groups in total. The quantitative estimate of drug-likeness (QED) is 0.634. The fourth-order valence-corrected chi connectivity index (χ4v) is 5.75. The van der Waals surface area contributed by atoms with Gasteiger partial charge in [0, 0.05) is 22.2 Å². The lowest BCUT2D eigenvalue weighted by atomic mass is 9.82. The molecule has 1 fully saturated rings. The summed E-state index contributed by atoms with van der Waals surface area (Å²) in [5.41, 5.74) is 4.57. The van der Waals surface area contributed by atoms with Crippen LogP contribution >= 0.6 is 23.4 Å². The fourth-order valence-electron chi connectivity index (χ4n) is 4.23. The summed E-state index contributed by atoms with van der Waals surface area (Å²) in [7, 11) is 2.24. The molecule has 0 radical (unpaired) electrons. The van der Waals surface area contributed by atoms with Gasteiger partial charge in [-0.3, -0.25) is 4.99 Å². The molecule has 0 saturated carbocycles. The molecule has 3 heterocycles. The van der Waals surface area contributed by atoms with Crippen molar-refractivity contribution in [3.63, 3.8) is 0 Å². The van der Waals surface area contributed by atoms with Crippen molar-refractivity contribution in [3.8, 4) is 0 Å². The van der Waals surface area contributed by atoms with Crippen molar-refractivity contribution < 1.29 is 0 Å². The van der Waals surface area contributed by atoms with E-state index >= 15 is 0 Å². The highest BCUT2D eigenvalue weighted by Crippen LogP contribution is 2.45. The van der Waals surface area contributed by atoms with Gasteiger partial charge in [0.05, 0.1) is 6.04 Å². The Hall–Kier alpha value is -0.770. The van der Waals surface area contributed by atoms with E-state index in [1.54, 1.807) is 5.57 Å². The maximum absolute atomic E-state index is 6.30. The van der Waals surface area contributed by atoms with Gasteiger partial charge < -0.3 is 4.90 Å². The van der Waals surface area contributed by atoms with Gasteiger partial charge in [-0.1, -0.05) is 23.2 Å². The third-order valence-electron chi connectivity index (χ3n) is 5.56. The Morgan fingerprint density at radius 2 is 2.17 bits per heavy atom. The fraction of sp³-hybridized carbons (Fsp3) is 0.550. The van der Waals surface area contributed by atoms with E-state index in [2.05, 4.69) is 36.4 Å². The van der Waals surface area contributed by atoms with Crippen LogP contribution in [-0.4, -0.2) is 43.0 Å². The van der Waals surface area contributed by atoms with Crippen molar-refractivity contribution in [1.29, 1.82) is 0 Å². The normalized spacial score (nSPS) is 31.1. The average molecular weight is 361 g/mol. The molecule has 2 nitrogen and oxygen atoms in total. The predicted molar refractivity (Wildman–Crippen MR) is 105 cm³/mol. The van der Waals surface area contributed by atoms with Gasteiger partial charge >= 0.3 is 0 Å². The number of hydrogen-bond donors (Lipinski definition) is 0. The van der Waals surface area contributed by atoms with E-state index in [1.807, 2.05) is 11.8 Å². The first-order chi connectivity index (χ1) is 11.7. The third kappa shape index (κ3) is 3.31. The van der Waals surface area contributed by atoms with Gasteiger partial charge in [0.15, 0.2) is 0 Å². The summed E-state index contributed by atoms with van der Waals surface area (Å²) in [6, 6.07) is 6.81. The van der Waals surface area contributed by atoms with E-state index in [1.165, 1.54) is 48.3 Å². The molecule has 0 amide bonds. The number of hydrogen-bond acceptors (Lipinski definition) is 3. The van der Waals surface area contributed by atoms with Gasteiger partial charge in [-0.2, -0.15) is 0 Å². The summed E-state index contributed by atoms with van der Waals surface area (Å²) in [6.07, 6.45) is 8.20. The third-order valence-corrected chi connectivity index (χ3v) is 7.03. The lowest BCUT2D eigenvalue weighted by Crippen LogP contribution is -2.26. The first kappa shape index (κ1) is 16.7. The topological polar surface area (TPSA) is 15.6 Å². The molecular weight excluding hydrogens is 336 g/mol. The molecule has 128 valence electrons. The molecule has 1 aromatic carbocycles. The number of benzene rings is 1. The minimum absolute atomic E-state index is 0.354. The van der Waals surface area contributed by atoms with E-state index < -0.39 is 0 Å². The molecule has 4 rings (SSSR count). The van der Waals surface area contributed by atoms with Gasteiger partial charge in [-0.25, -0.2) is 0 Å². The molecule has 24 heavy (non-hydrogen) atoms. The number of halogens is 1. The van der Waals surface area contributed by atoms with Crippen LogP contribution in [0.25, 0.3) is 5.57 Å². The summed E-state index contributed by atoms with van der Waals surface area (Å²) in [6.45, 7) is 2.37. The number of aliphatic imine (C=N–C) groups is 1. The molecule has 4 heteroatoms. The van der Waals surface area contributed by atoms with Gasteiger partial charge in [-0.15, -0.1) is 11.8 Å². The summed E-state index contributed by atoms with van der Waals surface area (Å²) in [5.74, 6) is 1.82. The minimum atomic E-state index is 0.354. The van der Waals surface area contributed by atoms with Crippen molar-refractivity contribution in [2.45, 2.75) is 43.0 Å². The number of nitrogens with zero attached hydrogens (tertiary/aromatic N) is 2. The van der Waals surface area contributed by atoms with Crippen LogP contribution in [0, 0.1) is 5.92 Å². The second kappa shape index (κ2) is 7.23. The number of likely N-dealkylation sites (tertiary alicyclic amines) is 1. The Morgan fingerprint density at radius 3 is 3.08 bits per heavy atom. The van der Waals surface area contributed by atoms with Gasteiger partial charge in [0.25, 0.3) is 0 Å². The maximum Gasteiger partial charge on any atom is 0.0787 e. The molecule has 0 aliphatic carbocycles. The molecule has 0 bridgehead atoms. The van der Waals surface area contributed by atoms with Crippen LogP contribution in [0.4, 0.5) is 0 Å². The summed E-state index contributed by atoms with van der Waals surface area (Å²) in [5, 5.41) is 0.847. The maximum atomic E-state index is 6.30. The Bertz CT molecular complexity index is 682. The molecule has 1 saturated heterocycles. The lowest BCUT2D eigenvalue weighted by Gasteiger charge is -2.28. The molecule has 2 atom stereocenters. The highest BCUT2D eigenvalue weighted by atomic mass is 35.5. The molecule has 0 spiro atoms. The molecule has 0 aromatic heterocycles. The van der Waals surface area contributed by atoms with Crippen LogP contribution in [-0.2, 0) is 0 Å². The van der Waals surface area contributed by atoms with E-state index in [4.69, 9.17) is 16.6 Å². The van der Waals surface area contributed by atoms with Crippen LogP contribution in [0.5, 0.6) is 0 Å². The summed E-state index contributed by atoms with van der Waals surface area (Å²) < 4.78 is 0. The molecule has 1 aromatic rings. The summed E-state index contributed by atoms with van der Waals surface area (Å²) >= 11 is 8.28. The zero-order valence-electron chi connectivity index (χ0n) is 14.3. The van der Waals surface area contributed by atoms with Crippen LogP contribution in [0.15, 0.2) is 33.7 Å². The van der Waals surface area contributed by atoms with E-state index in [9.17, 15) is 0 Å². The second-order valence-electron chi connectivity index (χ2n) is 7.24. The molecule has 3 aliphatic rings. The first-order valence-corrected chi connectivity index (χ1v) is 10.4. The monoisotopic (exact) mass is 360 g/mol. The van der Waals surface area contributed by atoms with Crippen LogP contribution in [0.2, 0.25) is 5.02 Å². The van der Waals surface area contributed by atoms with Crippen molar-refractivity contribution >= 4 is 35.2 Å². The molecular formula is C20H25ClN2S. The lowest BCUT2D eigenvalue weighted by molar-refractivity contribution is 0.351. The Labute approximate surface area is 154 Å². The highest BCUT2D eigenvalue weighted by molar-refractivity contribution is 7.99. The largest absolute Gasteiger partial charge is 0.306 e. The van der Waals surface area contributed by atoms with Crippen LogP contribution in [0.1, 0.15) is 37.7 Å². The van der Waals surface area contributed by atoms with E-state index in [-0.39, 0.29) is 0 Å². The van der Waals surface area contributed by atoms with Gasteiger partial charge in [0.1, 0.15) is 0 Å². The number of fused-ring (bicyclic) bond motifs is 2. The van der Waals surface area contributed by atoms with Gasteiger partial charge in [-0.05, 0) is 81.1 Å². The van der Waals surface area contributed by atoms with Crippen molar-refractivity contribution in [2.24, 2.45) is 10.9 Å². The average Bonchev–Trinajstić information content (AvgIpc) is 2.89. The Kier molecular flexibility index (Phi) is 5.03. The van der Waals surface area contributed by atoms with Crippen LogP contribution < -0.4 is 0 Å². The minimum Gasteiger partial charge on any atom is -0.306 e. The Balaban J connectivity index is 1.85. The zero-order chi connectivity index (χ0) is 16.5. The second-order valence-corrected chi connectivity index (χ2v) is 8.74. The van der Waals surface area contributed by atoms with Gasteiger partial charge in [0.2, 0.25) is 0 Å². The van der Waals surface area contributed by atoms with Crippen molar-refractivity contribution in [2.75, 3.05) is 25.9 Å². The number of rotatable bonds is 0. The Morgan fingerprint density at radius 1 is 1.25 bits per heavy atom. The number of thioether (sulfide) groups is 1. The predicted octanol–water partition coefficient (Wildman–Crippen LogP) is 5.16. The first-order valence-electron chi connectivity index (χ1n) is 9.07. The molecule has 2 unspecified atom stereocenters. The summed E-state index contributed by atoms with van der Waals surface area (Å²) in [4.78, 5) is 8.81. The van der Waals surface area contributed by atoms with E-state index in [0.29, 0.717) is 12.0 Å². The standard InChI is InChI=1S/C20H25ClN2S/c1-23-10-3-5-14(8-11-23)19-17-7-6-16(21)12-18(17)24-13-15-4-2-9-22-20(15)19/h6-7,9,12,15,20H,2-5,8,10-11,13H2,1H3/b19-14-. The SMILES string of the molecule is CN1CCC/C(=C2\c3ccc(Cl)cc3SCC3CCC=NC23)CC1. The molecule has 3 aliphatic heterocycles. The highest BCUT2D eigenvalue weighted by Gasteiger charge is 2.33. The van der Waals surface area contributed by atoms with Crippen molar-refractivity contribution in [1.82, 2.24) is 4.90 Å². The van der Waals surface area contributed by atoms with E-state index in [0.717, 1.165) is 23.7 Å². The van der Waals surface area contributed by atoms with Crippen LogP contribution in [0.3, 0.4) is 0 Å².